The number of nitrogens with zero attached hydrogens (tertiary/aromatic N) is 1. The molecular formula is C23H24N2O4S. The Bertz CT molecular complexity index is 1060. The number of rotatable bonds is 7. The highest BCUT2D eigenvalue weighted by molar-refractivity contribution is 7.14. The minimum Gasteiger partial charge on any atom is -0.451 e. The van der Waals surface area contributed by atoms with Crippen molar-refractivity contribution in [1.82, 2.24) is 9.88 Å². The van der Waals surface area contributed by atoms with E-state index in [0.717, 1.165) is 22.0 Å². The number of nitrogens with one attached hydrogen (secondary N) is 1. The van der Waals surface area contributed by atoms with Crippen LogP contribution in [-0.2, 0) is 16.1 Å². The van der Waals surface area contributed by atoms with Crippen LogP contribution in [0.4, 0.5) is 0 Å². The van der Waals surface area contributed by atoms with Gasteiger partial charge in [0, 0.05) is 28.9 Å². The molecule has 0 aliphatic carbocycles. The average molecular weight is 425 g/mol. The molecule has 1 unspecified atom stereocenters. The van der Waals surface area contributed by atoms with Gasteiger partial charge in [-0.15, -0.1) is 11.3 Å². The molecule has 156 valence electrons. The minimum atomic E-state index is -0.904. The molecule has 1 atom stereocenters. The largest absolute Gasteiger partial charge is 0.451 e. The summed E-state index contributed by atoms with van der Waals surface area (Å²) in [6, 6.07) is 14.7. The summed E-state index contributed by atoms with van der Waals surface area (Å²) in [6.07, 6.45) is -0.904. The lowest BCUT2D eigenvalue weighted by Crippen LogP contribution is -2.23. The topological polar surface area (TPSA) is 77.4 Å². The number of ketones is 1. The standard InChI is InChI=1S/C23H24N2O4S/c1-14-5-6-15(2)25(14)19-9-7-18(8-10-19)23(28)29-16(3)22(27)21-12-11-20(30-21)13-24-17(4)26/h5-12,16H,13H2,1-4H3,(H,24,26). The van der Waals surface area contributed by atoms with E-state index >= 15 is 0 Å². The lowest BCUT2D eigenvalue weighted by Gasteiger charge is -2.13. The molecule has 0 aliphatic rings. The summed E-state index contributed by atoms with van der Waals surface area (Å²) in [4.78, 5) is 37.4. The Labute approximate surface area is 179 Å². The quantitative estimate of drug-likeness (QED) is 0.455. The van der Waals surface area contributed by atoms with Crippen LogP contribution in [0, 0.1) is 13.8 Å². The van der Waals surface area contributed by atoms with Gasteiger partial charge >= 0.3 is 5.97 Å². The lowest BCUT2D eigenvalue weighted by atomic mass is 10.2. The molecule has 7 heteroatoms. The highest BCUT2D eigenvalue weighted by Crippen LogP contribution is 2.20. The highest BCUT2D eigenvalue weighted by Gasteiger charge is 2.22. The van der Waals surface area contributed by atoms with Gasteiger partial charge in [0.25, 0.3) is 0 Å². The minimum absolute atomic E-state index is 0.133. The van der Waals surface area contributed by atoms with Crippen molar-refractivity contribution in [2.24, 2.45) is 0 Å². The summed E-state index contributed by atoms with van der Waals surface area (Å²) in [6.45, 7) is 7.42. The van der Waals surface area contributed by atoms with E-state index in [4.69, 9.17) is 4.74 Å². The fraction of sp³-hybridized carbons (Fsp3) is 0.261. The number of aromatic nitrogens is 1. The maximum atomic E-state index is 12.6. The molecule has 3 rings (SSSR count). The van der Waals surface area contributed by atoms with Crippen LogP contribution in [-0.4, -0.2) is 28.3 Å². The van der Waals surface area contributed by atoms with Crippen molar-refractivity contribution in [3.8, 4) is 5.69 Å². The molecule has 0 bridgehead atoms. The van der Waals surface area contributed by atoms with Crippen molar-refractivity contribution in [3.05, 3.63) is 75.2 Å². The number of Topliss-reactive ketones (excluding diaryl/α,β-unsaturated/α-hetero) is 1. The molecule has 1 N–H and O–H groups in total. The van der Waals surface area contributed by atoms with E-state index in [1.807, 2.05) is 38.1 Å². The van der Waals surface area contributed by atoms with Crippen LogP contribution in [0.15, 0.2) is 48.5 Å². The number of carbonyl (C=O) groups excluding carboxylic acids is 3. The number of amides is 1. The third-order valence-corrected chi connectivity index (χ3v) is 5.80. The number of thiophene rings is 1. The molecule has 6 nitrogen and oxygen atoms in total. The smallest absolute Gasteiger partial charge is 0.338 e. The van der Waals surface area contributed by atoms with Crippen LogP contribution in [0.3, 0.4) is 0 Å². The molecular weight excluding hydrogens is 400 g/mol. The van der Waals surface area contributed by atoms with Crippen molar-refractivity contribution in [2.45, 2.75) is 40.3 Å². The Kier molecular flexibility index (Phi) is 6.52. The summed E-state index contributed by atoms with van der Waals surface area (Å²) < 4.78 is 7.47. The first-order valence-corrected chi connectivity index (χ1v) is 10.4. The molecule has 0 saturated carbocycles. The highest BCUT2D eigenvalue weighted by atomic mass is 32.1. The molecule has 0 saturated heterocycles. The van der Waals surface area contributed by atoms with Crippen LogP contribution in [0.25, 0.3) is 5.69 Å². The van der Waals surface area contributed by atoms with E-state index in [-0.39, 0.29) is 11.7 Å². The fourth-order valence-corrected chi connectivity index (χ4v) is 4.09. The van der Waals surface area contributed by atoms with Gasteiger partial charge in [0.1, 0.15) is 0 Å². The third kappa shape index (κ3) is 4.86. The van der Waals surface area contributed by atoms with Crippen molar-refractivity contribution >= 4 is 29.0 Å². The lowest BCUT2D eigenvalue weighted by molar-refractivity contribution is -0.119. The predicted molar refractivity (Wildman–Crippen MR) is 116 cm³/mol. The maximum Gasteiger partial charge on any atom is 0.338 e. The number of benzene rings is 1. The van der Waals surface area contributed by atoms with Gasteiger partial charge in [-0.25, -0.2) is 4.79 Å². The molecule has 0 aliphatic heterocycles. The van der Waals surface area contributed by atoms with Crippen LogP contribution in [0.1, 0.15) is 50.1 Å². The van der Waals surface area contributed by atoms with Gasteiger partial charge in [0.2, 0.25) is 11.7 Å². The number of aryl methyl sites for hydroxylation is 2. The van der Waals surface area contributed by atoms with Crippen LogP contribution < -0.4 is 5.32 Å². The van der Waals surface area contributed by atoms with E-state index in [0.29, 0.717) is 17.0 Å². The summed E-state index contributed by atoms with van der Waals surface area (Å²) in [5.41, 5.74) is 3.56. The normalized spacial score (nSPS) is 11.7. The number of carbonyl (C=O) groups is 3. The molecule has 2 heterocycles. The van der Waals surface area contributed by atoms with Gasteiger partial charge in [0.05, 0.1) is 17.0 Å². The first-order valence-electron chi connectivity index (χ1n) is 9.60. The van der Waals surface area contributed by atoms with E-state index < -0.39 is 12.1 Å². The summed E-state index contributed by atoms with van der Waals surface area (Å²) >= 11 is 1.28. The second-order valence-electron chi connectivity index (χ2n) is 7.09. The van der Waals surface area contributed by atoms with Crippen molar-refractivity contribution < 1.29 is 19.1 Å². The first-order chi connectivity index (χ1) is 14.3. The fourth-order valence-electron chi connectivity index (χ4n) is 3.12. The van der Waals surface area contributed by atoms with Gasteiger partial charge in [-0.3, -0.25) is 9.59 Å². The molecule has 30 heavy (non-hydrogen) atoms. The molecule has 2 aromatic heterocycles. The Hall–Kier alpha value is -3.19. The van der Waals surface area contributed by atoms with Crippen LogP contribution in [0.2, 0.25) is 0 Å². The zero-order chi connectivity index (χ0) is 21.8. The molecule has 3 aromatic rings. The van der Waals surface area contributed by atoms with Crippen molar-refractivity contribution in [1.29, 1.82) is 0 Å². The van der Waals surface area contributed by atoms with Gasteiger partial charge in [-0.05, 0) is 69.3 Å². The zero-order valence-electron chi connectivity index (χ0n) is 17.4. The summed E-state index contributed by atoms with van der Waals surface area (Å²) in [7, 11) is 0. The second kappa shape index (κ2) is 9.09. The molecule has 0 radical (unpaired) electrons. The monoisotopic (exact) mass is 424 g/mol. The Morgan fingerprint density at radius 3 is 2.23 bits per heavy atom. The van der Waals surface area contributed by atoms with Gasteiger partial charge in [-0.2, -0.15) is 0 Å². The van der Waals surface area contributed by atoms with E-state index in [9.17, 15) is 14.4 Å². The van der Waals surface area contributed by atoms with Crippen molar-refractivity contribution in [3.63, 3.8) is 0 Å². The Balaban J connectivity index is 1.64. The van der Waals surface area contributed by atoms with E-state index in [1.165, 1.54) is 18.3 Å². The van der Waals surface area contributed by atoms with Gasteiger partial charge < -0.3 is 14.6 Å². The number of esters is 1. The number of hydrogen-bond acceptors (Lipinski definition) is 5. The Morgan fingerprint density at radius 2 is 1.63 bits per heavy atom. The van der Waals surface area contributed by atoms with E-state index in [1.54, 1.807) is 31.2 Å². The van der Waals surface area contributed by atoms with Crippen LogP contribution in [0.5, 0.6) is 0 Å². The average Bonchev–Trinajstić information content (AvgIpc) is 3.32. The maximum absolute atomic E-state index is 12.6. The molecule has 1 aromatic carbocycles. The SMILES string of the molecule is CC(=O)NCc1ccc(C(=O)C(C)OC(=O)c2ccc(-n3c(C)ccc3C)cc2)s1. The van der Waals surface area contributed by atoms with Crippen LogP contribution >= 0.6 is 11.3 Å². The van der Waals surface area contributed by atoms with E-state index in [2.05, 4.69) is 9.88 Å². The number of hydrogen-bond donors (Lipinski definition) is 1. The van der Waals surface area contributed by atoms with Crippen molar-refractivity contribution in [2.75, 3.05) is 0 Å². The second-order valence-corrected chi connectivity index (χ2v) is 8.25. The molecule has 0 spiro atoms. The summed E-state index contributed by atoms with van der Waals surface area (Å²) in [5, 5.41) is 2.69. The van der Waals surface area contributed by atoms with Gasteiger partial charge in [0.15, 0.2) is 6.10 Å². The third-order valence-electron chi connectivity index (χ3n) is 4.70. The van der Waals surface area contributed by atoms with Gasteiger partial charge in [-0.1, -0.05) is 0 Å². The number of ether oxygens (including phenoxy) is 1. The zero-order valence-corrected chi connectivity index (χ0v) is 18.2. The first kappa shape index (κ1) is 21.5. The predicted octanol–water partition coefficient (Wildman–Crippen LogP) is 4.22. The molecule has 0 fully saturated rings. The molecule has 1 amide bonds. The Morgan fingerprint density at radius 1 is 1.00 bits per heavy atom. The summed E-state index contributed by atoms with van der Waals surface area (Å²) in [5.74, 6) is -0.942.